The van der Waals surface area contributed by atoms with Crippen LogP contribution in [0.15, 0.2) is 107 Å². The lowest BCUT2D eigenvalue weighted by Gasteiger charge is -2.29. The Balaban J connectivity index is 1.10. The van der Waals surface area contributed by atoms with Crippen LogP contribution in [0.5, 0.6) is 0 Å². The maximum absolute atomic E-state index is 12.0. The molecule has 6 rings (SSSR count). The molecule has 0 fully saturated rings. The van der Waals surface area contributed by atoms with Crippen LogP contribution in [-0.4, -0.2) is 43.0 Å². The first-order chi connectivity index (χ1) is 23.4. The third-order valence-corrected chi connectivity index (χ3v) is 10.1. The summed E-state index contributed by atoms with van der Waals surface area (Å²) < 4.78 is 5.95. The standard InChI is InChI=1S/C34H28Cl4N6O5/c35-27-17-33(37,25-3-1-21(13-29(25)43(45)46)15-31-39-9-10-40-31)7-5-23(27)19-49-20-24-6-8-34(38,18-28(24)36)26-4-2-22(14-30(26)44(47)48)16-32-41-11-12-42-32/h1-14H,15-20H2,(H,39,40)(H,41,42). The van der Waals surface area contributed by atoms with Gasteiger partial charge in [0.2, 0.25) is 0 Å². The first kappa shape index (κ1) is 34.6. The van der Waals surface area contributed by atoms with Gasteiger partial charge in [-0.25, -0.2) is 9.97 Å². The van der Waals surface area contributed by atoms with E-state index in [1.807, 2.05) is 0 Å². The summed E-state index contributed by atoms with van der Waals surface area (Å²) >= 11 is 27.3. The van der Waals surface area contributed by atoms with Gasteiger partial charge in [0.1, 0.15) is 11.6 Å². The van der Waals surface area contributed by atoms with Crippen LogP contribution in [0.25, 0.3) is 0 Å². The molecule has 0 bridgehead atoms. The molecule has 2 aliphatic carbocycles. The molecule has 252 valence electrons. The van der Waals surface area contributed by atoms with Gasteiger partial charge in [-0.3, -0.25) is 20.2 Å². The first-order valence-corrected chi connectivity index (χ1v) is 16.6. The van der Waals surface area contributed by atoms with E-state index in [4.69, 9.17) is 51.1 Å². The summed E-state index contributed by atoms with van der Waals surface area (Å²) in [5.41, 5.74) is 3.22. The molecule has 2 aromatic heterocycles. The number of alkyl halides is 2. The zero-order chi connectivity index (χ0) is 34.8. The zero-order valence-electron chi connectivity index (χ0n) is 25.7. The van der Waals surface area contributed by atoms with E-state index in [9.17, 15) is 20.2 Å². The van der Waals surface area contributed by atoms with Crippen LogP contribution in [0.1, 0.15) is 46.7 Å². The normalized spacial score (nSPS) is 20.7. The molecule has 0 saturated carbocycles. The minimum Gasteiger partial charge on any atom is -0.372 e. The highest BCUT2D eigenvalue weighted by atomic mass is 35.5. The molecule has 0 saturated heterocycles. The number of aromatic nitrogens is 4. The third kappa shape index (κ3) is 7.66. The number of allylic oxidation sites excluding steroid dienone is 4. The molecule has 0 radical (unpaired) electrons. The number of nitro benzene ring substituents is 2. The van der Waals surface area contributed by atoms with Crippen molar-refractivity contribution in [2.45, 2.75) is 35.4 Å². The Morgan fingerprint density at radius 2 is 1.16 bits per heavy atom. The molecule has 11 nitrogen and oxygen atoms in total. The van der Waals surface area contributed by atoms with Crippen LogP contribution in [0.3, 0.4) is 0 Å². The van der Waals surface area contributed by atoms with E-state index in [2.05, 4.69) is 19.9 Å². The third-order valence-electron chi connectivity index (χ3n) is 8.40. The van der Waals surface area contributed by atoms with Gasteiger partial charge in [0, 0.05) is 72.7 Å². The summed E-state index contributed by atoms with van der Waals surface area (Å²) in [6, 6.07) is 9.91. The topological polar surface area (TPSA) is 153 Å². The number of nitrogens with one attached hydrogen (secondary N) is 2. The maximum atomic E-state index is 12.0. The average molecular weight is 742 g/mol. The highest BCUT2D eigenvalue weighted by Crippen LogP contribution is 2.47. The fraction of sp³-hybridized carbons (Fsp3) is 0.235. The minimum atomic E-state index is -1.23. The lowest BCUT2D eigenvalue weighted by Crippen LogP contribution is -2.22. The number of ether oxygens (including phenoxy) is 1. The number of hydrogen-bond acceptors (Lipinski definition) is 7. The maximum Gasteiger partial charge on any atom is 0.274 e. The van der Waals surface area contributed by atoms with E-state index in [0.29, 0.717) is 56.8 Å². The Morgan fingerprint density at radius 1 is 0.735 bits per heavy atom. The molecular formula is C34H28Cl4N6O5. The van der Waals surface area contributed by atoms with Gasteiger partial charge in [-0.2, -0.15) is 0 Å². The molecule has 49 heavy (non-hydrogen) atoms. The molecular weight excluding hydrogens is 714 g/mol. The number of hydrogen-bond donors (Lipinski definition) is 2. The van der Waals surface area contributed by atoms with Gasteiger partial charge in [0.05, 0.1) is 43.9 Å². The van der Waals surface area contributed by atoms with Crippen LogP contribution in [0, 0.1) is 20.2 Å². The van der Waals surface area contributed by atoms with Crippen LogP contribution in [0.2, 0.25) is 0 Å². The summed E-state index contributed by atoms with van der Waals surface area (Å²) in [4.78, 5) is 35.1. The molecule has 0 amide bonds. The molecule has 2 unspecified atom stereocenters. The molecule has 0 aliphatic heterocycles. The molecule has 2 aromatic carbocycles. The minimum absolute atomic E-state index is 0.107. The van der Waals surface area contributed by atoms with Crippen molar-refractivity contribution in [1.82, 2.24) is 19.9 Å². The van der Waals surface area contributed by atoms with E-state index in [1.54, 1.807) is 73.4 Å². The Labute approximate surface area is 300 Å². The van der Waals surface area contributed by atoms with Gasteiger partial charge < -0.3 is 14.7 Å². The molecule has 4 aromatic rings. The van der Waals surface area contributed by atoms with E-state index in [-0.39, 0.29) is 37.4 Å². The number of benzene rings is 2. The van der Waals surface area contributed by atoms with Crippen molar-refractivity contribution in [1.29, 1.82) is 0 Å². The van der Waals surface area contributed by atoms with Crippen molar-refractivity contribution in [3.8, 4) is 0 Å². The van der Waals surface area contributed by atoms with Gasteiger partial charge >= 0.3 is 0 Å². The Hall–Kier alpha value is -4.26. The fourth-order valence-electron chi connectivity index (χ4n) is 5.89. The molecule has 2 atom stereocenters. The summed E-state index contributed by atoms with van der Waals surface area (Å²) in [5, 5.41) is 24.9. The highest BCUT2D eigenvalue weighted by Gasteiger charge is 2.38. The second-order valence-corrected chi connectivity index (χ2v) is 14.0. The smallest absolute Gasteiger partial charge is 0.274 e. The fourth-order valence-corrected chi connectivity index (χ4v) is 7.40. The van der Waals surface area contributed by atoms with Gasteiger partial charge in [-0.15, -0.1) is 23.2 Å². The number of H-pyrrole nitrogens is 2. The molecule has 2 aliphatic rings. The van der Waals surface area contributed by atoms with Gasteiger partial charge in [0.15, 0.2) is 0 Å². The quantitative estimate of drug-likeness (QED) is 0.0837. The van der Waals surface area contributed by atoms with Crippen molar-refractivity contribution in [3.05, 3.63) is 161 Å². The van der Waals surface area contributed by atoms with Crippen LogP contribution in [-0.2, 0) is 27.3 Å². The molecule has 2 N–H and O–H groups in total. The number of nitro groups is 2. The number of aromatic amines is 2. The number of nitrogens with zero attached hydrogens (tertiary/aromatic N) is 4. The van der Waals surface area contributed by atoms with Gasteiger partial charge in [-0.05, 0) is 34.4 Å². The highest BCUT2D eigenvalue weighted by molar-refractivity contribution is 6.33. The zero-order valence-corrected chi connectivity index (χ0v) is 28.7. The first-order valence-electron chi connectivity index (χ1n) is 15.1. The van der Waals surface area contributed by atoms with Crippen molar-refractivity contribution < 1.29 is 14.6 Å². The average Bonchev–Trinajstić information content (AvgIpc) is 3.78. The number of halogens is 4. The van der Waals surface area contributed by atoms with E-state index in [1.165, 1.54) is 12.1 Å². The van der Waals surface area contributed by atoms with E-state index < -0.39 is 19.6 Å². The summed E-state index contributed by atoms with van der Waals surface area (Å²) in [6.45, 7) is 0.255. The summed E-state index contributed by atoms with van der Waals surface area (Å²) in [5.74, 6) is 1.38. The van der Waals surface area contributed by atoms with Crippen molar-refractivity contribution in [2.24, 2.45) is 0 Å². The second kappa shape index (κ2) is 14.3. The van der Waals surface area contributed by atoms with Crippen LogP contribution < -0.4 is 0 Å². The number of imidazole rings is 2. The SMILES string of the molecule is O=[N+]([O-])c1cc(Cc2ncc[nH]2)ccc1C1(Cl)C=CC(COCC2=C(Cl)CC(Cl)(c3ccc(Cc4ncc[nH]4)cc3[N+](=O)[O-])C=C2)=C(Cl)C1. The van der Waals surface area contributed by atoms with Crippen molar-refractivity contribution >= 4 is 57.8 Å². The number of rotatable bonds is 12. The Bertz CT molecular complexity index is 1880. The molecule has 2 heterocycles. The van der Waals surface area contributed by atoms with Crippen molar-refractivity contribution in [3.63, 3.8) is 0 Å². The second-order valence-electron chi connectivity index (χ2n) is 11.7. The summed E-state index contributed by atoms with van der Waals surface area (Å²) in [6.07, 6.45) is 14.5. The lowest BCUT2D eigenvalue weighted by atomic mass is 9.87. The Kier molecular flexibility index (Phi) is 10.1. The van der Waals surface area contributed by atoms with Gasteiger partial charge in [0.25, 0.3) is 11.4 Å². The van der Waals surface area contributed by atoms with Crippen LogP contribution in [0.4, 0.5) is 11.4 Å². The molecule has 15 heteroatoms. The largest absolute Gasteiger partial charge is 0.372 e. The molecule has 0 spiro atoms. The van der Waals surface area contributed by atoms with Gasteiger partial charge in [-0.1, -0.05) is 59.6 Å². The van der Waals surface area contributed by atoms with Crippen LogP contribution >= 0.6 is 46.4 Å². The predicted molar refractivity (Wildman–Crippen MR) is 188 cm³/mol. The lowest BCUT2D eigenvalue weighted by molar-refractivity contribution is -0.386. The summed E-state index contributed by atoms with van der Waals surface area (Å²) in [7, 11) is 0. The predicted octanol–water partition coefficient (Wildman–Crippen LogP) is 8.62. The van der Waals surface area contributed by atoms with Crippen molar-refractivity contribution in [2.75, 3.05) is 13.2 Å². The van der Waals surface area contributed by atoms with E-state index in [0.717, 1.165) is 11.1 Å². The monoisotopic (exact) mass is 740 g/mol. The Morgan fingerprint density at radius 3 is 1.51 bits per heavy atom. The van der Waals surface area contributed by atoms with E-state index >= 15 is 0 Å².